The normalized spacial score (nSPS) is 51.2. The second-order valence-corrected chi connectivity index (χ2v) is 8.77. The zero-order chi connectivity index (χ0) is 17.6. The first kappa shape index (κ1) is 15.6. The van der Waals surface area contributed by atoms with Crippen LogP contribution in [0.3, 0.4) is 0 Å². The van der Waals surface area contributed by atoms with Gasteiger partial charge in [-0.3, -0.25) is 9.59 Å². The molecule has 4 fully saturated rings. The highest BCUT2D eigenvalue weighted by atomic mass is 16.6. The van der Waals surface area contributed by atoms with Crippen molar-refractivity contribution in [3.05, 3.63) is 24.2 Å². The zero-order valence-corrected chi connectivity index (χ0v) is 14.9. The van der Waals surface area contributed by atoms with Gasteiger partial charge in [-0.15, -0.1) is 0 Å². The van der Waals surface area contributed by atoms with Gasteiger partial charge in [0.1, 0.15) is 17.5 Å². The molecule has 5 nitrogen and oxygen atoms in total. The molecule has 5 rings (SSSR count). The lowest BCUT2D eigenvalue weighted by molar-refractivity contribution is -0.173. The van der Waals surface area contributed by atoms with Gasteiger partial charge in [0.15, 0.2) is 0 Å². The first-order valence-electron chi connectivity index (χ1n) is 9.28. The quantitative estimate of drug-likeness (QED) is 0.577. The molecule has 2 saturated carbocycles. The Labute approximate surface area is 147 Å². The molecule has 0 bridgehead atoms. The van der Waals surface area contributed by atoms with E-state index >= 15 is 0 Å². The van der Waals surface area contributed by atoms with Crippen LogP contribution in [0.15, 0.2) is 23.0 Å². The molecule has 134 valence electrons. The topological polar surface area (TPSA) is 69.0 Å². The van der Waals surface area contributed by atoms with Crippen molar-refractivity contribution >= 4 is 11.8 Å². The molecule has 2 aliphatic heterocycles. The number of fused-ring (bicyclic) bond motifs is 4. The molecular formula is C20H24O5. The van der Waals surface area contributed by atoms with Crippen molar-refractivity contribution < 1.29 is 23.5 Å². The summed E-state index contributed by atoms with van der Waals surface area (Å²) in [5.41, 5.74) is -0.732. The number of cyclic esters (lactones) is 1. The lowest BCUT2D eigenvalue weighted by Crippen LogP contribution is -2.63. The molecule has 0 N–H and O–H groups in total. The van der Waals surface area contributed by atoms with Gasteiger partial charge in [-0.1, -0.05) is 6.92 Å². The SMILES string of the molecule is CC1CC(=O)C2(C)C(CCC3OC32C)C12CC(c1ccoc1)OC2=O. The monoisotopic (exact) mass is 344 g/mol. The van der Waals surface area contributed by atoms with E-state index in [4.69, 9.17) is 13.9 Å². The van der Waals surface area contributed by atoms with Gasteiger partial charge in [0, 0.05) is 18.4 Å². The lowest BCUT2D eigenvalue weighted by atomic mass is 9.44. The number of ether oxygens (including phenoxy) is 2. The number of Topliss-reactive ketones (excluding diaryl/α,β-unsaturated/α-hetero) is 1. The molecule has 2 aliphatic carbocycles. The fourth-order valence-electron chi connectivity index (χ4n) is 6.27. The lowest BCUT2D eigenvalue weighted by Gasteiger charge is -2.55. The van der Waals surface area contributed by atoms with E-state index in [0.717, 1.165) is 18.4 Å². The largest absolute Gasteiger partial charge is 0.472 e. The van der Waals surface area contributed by atoms with Crippen molar-refractivity contribution in [1.82, 2.24) is 0 Å². The summed E-state index contributed by atoms with van der Waals surface area (Å²) in [4.78, 5) is 26.3. The number of rotatable bonds is 1. The molecular weight excluding hydrogens is 320 g/mol. The van der Waals surface area contributed by atoms with Crippen LogP contribution >= 0.6 is 0 Å². The minimum Gasteiger partial charge on any atom is -0.472 e. The van der Waals surface area contributed by atoms with Crippen molar-refractivity contribution in [3.8, 4) is 0 Å². The third-order valence-corrected chi connectivity index (χ3v) is 8.03. The molecule has 0 amide bonds. The molecule has 0 aromatic carbocycles. The maximum atomic E-state index is 13.2. The van der Waals surface area contributed by atoms with Crippen molar-refractivity contribution in [1.29, 1.82) is 0 Å². The van der Waals surface area contributed by atoms with E-state index in [2.05, 4.69) is 6.92 Å². The van der Waals surface area contributed by atoms with E-state index in [1.165, 1.54) is 0 Å². The molecule has 4 aliphatic rings. The highest BCUT2D eigenvalue weighted by molar-refractivity contribution is 5.92. The molecule has 2 saturated heterocycles. The van der Waals surface area contributed by atoms with Gasteiger partial charge in [0.25, 0.3) is 0 Å². The van der Waals surface area contributed by atoms with Crippen LogP contribution in [-0.2, 0) is 19.1 Å². The van der Waals surface area contributed by atoms with Gasteiger partial charge in [0.05, 0.1) is 29.5 Å². The second-order valence-electron chi connectivity index (χ2n) is 8.77. The van der Waals surface area contributed by atoms with E-state index in [-0.39, 0.29) is 35.8 Å². The minimum absolute atomic E-state index is 0.0126. The summed E-state index contributed by atoms with van der Waals surface area (Å²) >= 11 is 0. The van der Waals surface area contributed by atoms with Crippen molar-refractivity contribution in [2.24, 2.45) is 22.7 Å². The van der Waals surface area contributed by atoms with Crippen molar-refractivity contribution in [3.63, 3.8) is 0 Å². The number of hydrogen-bond donors (Lipinski definition) is 0. The minimum atomic E-state index is -0.607. The van der Waals surface area contributed by atoms with Crippen LogP contribution < -0.4 is 0 Å². The Hall–Kier alpha value is -1.62. The summed E-state index contributed by atoms with van der Waals surface area (Å²) < 4.78 is 17.0. The van der Waals surface area contributed by atoms with Crippen LogP contribution in [0.4, 0.5) is 0 Å². The molecule has 1 aromatic rings. The molecule has 3 heterocycles. The number of epoxide rings is 1. The Balaban J connectivity index is 1.60. The maximum Gasteiger partial charge on any atom is 0.313 e. The first-order valence-corrected chi connectivity index (χ1v) is 9.28. The average Bonchev–Trinajstić information content (AvgIpc) is 2.93. The molecule has 1 aromatic heterocycles. The zero-order valence-electron chi connectivity index (χ0n) is 14.9. The number of ketones is 1. The van der Waals surface area contributed by atoms with Crippen LogP contribution in [-0.4, -0.2) is 23.5 Å². The van der Waals surface area contributed by atoms with Crippen LogP contribution in [0.25, 0.3) is 0 Å². The number of carbonyl (C=O) groups excluding carboxylic acids is 2. The van der Waals surface area contributed by atoms with Gasteiger partial charge in [-0.05, 0) is 44.6 Å². The standard InChI is InChI=1S/C20H24O5/c1-11-8-15(21)18(2)14(4-5-16-19(18,3)25-16)20(11)9-13(24-17(20)22)12-6-7-23-10-12/h6-7,10-11,13-14,16H,4-5,8-9H2,1-3H3. The average molecular weight is 344 g/mol. The Morgan fingerprint density at radius 1 is 1.20 bits per heavy atom. The molecule has 0 radical (unpaired) electrons. The van der Waals surface area contributed by atoms with Crippen molar-refractivity contribution in [2.45, 2.75) is 64.3 Å². The first-order chi connectivity index (χ1) is 11.8. The van der Waals surface area contributed by atoms with E-state index < -0.39 is 16.4 Å². The van der Waals surface area contributed by atoms with E-state index in [1.54, 1.807) is 12.5 Å². The van der Waals surface area contributed by atoms with Crippen LogP contribution in [0.2, 0.25) is 0 Å². The second kappa shape index (κ2) is 4.56. The number of hydrogen-bond acceptors (Lipinski definition) is 5. The predicted molar refractivity (Wildman–Crippen MR) is 87.5 cm³/mol. The van der Waals surface area contributed by atoms with E-state index in [0.29, 0.717) is 12.8 Å². The molecule has 7 atom stereocenters. The van der Waals surface area contributed by atoms with Gasteiger partial charge in [0.2, 0.25) is 0 Å². The van der Waals surface area contributed by atoms with Crippen LogP contribution in [0.1, 0.15) is 58.1 Å². The number of furan rings is 1. The summed E-state index contributed by atoms with van der Waals surface area (Å²) in [6.07, 6.45) is 5.95. The number of carbonyl (C=O) groups is 2. The fourth-order valence-corrected chi connectivity index (χ4v) is 6.27. The van der Waals surface area contributed by atoms with E-state index in [9.17, 15) is 9.59 Å². The summed E-state index contributed by atoms with van der Waals surface area (Å²) in [6.45, 7) is 6.13. The van der Waals surface area contributed by atoms with Gasteiger partial charge < -0.3 is 13.9 Å². The highest BCUT2D eigenvalue weighted by Gasteiger charge is 2.78. The maximum absolute atomic E-state index is 13.2. The Bertz CT molecular complexity index is 754. The summed E-state index contributed by atoms with van der Waals surface area (Å²) in [5.74, 6) is 0.0725. The highest BCUT2D eigenvalue weighted by Crippen LogP contribution is 2.71. The Morgan fingerprint density at radius 3 is 2.72 bits per heavy atom. The predicted octanol–water partition coefficient (Wildman–Crippen LogP) is 3.44. The van der Waals surface area contributed by atoms with Gasteiger partial charge in [-0.25, -0.2) is 0 Å². The fraction of sp³-hybridized carbons (Fsp3) is 0.700. The van der Waals surface area contributed by atoms with Gasteiger partial charge >= 0.3 is 5.97 Å². The Morgan fingerprint density at radius 2 is 2.00 bits per heavy atom. The molecule has 1 spiro atoms. The molecule has 5 heteroatoms. The van der Waals surface area contributed by atoms with Crippen molar-refractivity contribution in [2.75, 3.05) is 0 Å². The smallest absolute Gasteiger partial charge is 0.313 e. The summed E-state index contributed by atoms with van der Waals surface area (Å²) in [5, 5.41) is 0. The van der Waals surface area contributed by atoms with Crippen LogP contribution in [0, 0.1) is 22.7 Å². The third-order valence-electron chi connectivity index (χ3n) is 8.03. The molecule has 25 heavy (non-hydrogen) atoms. The third kappa shape index (κ3) is 1.64. The van der Waals surface area contributed by atoms with Gasteiger partial charge in [-0.2, -0.15) is 0 Å². The van der Waals surface area contributed by atoms with Crippen LogP contribution in [0.5, 0.6) is 0 Å². The summed E-state index contributed by atoms with van der Waals surface area (Å²) in [7, 11) is 0. The number of esters is 1. The Kier molecular flexibility index (Phi) is 2.85. The summed E-state index contributed by atoms with van der Waals surface area (Å²) in [6, 6.07) is 1.86. The van der Waals surface area contributed by atoms with E-state index in [1.807, 2.05) is 19.9 Å². The molecule has 7 unspecified atom stereocenters.